The van der Waals surface area contributed by atoms with E-state index in [-0.39, 0.29) is 17.7 Å². The third-order valence-electron chi connectivity index (χ3n) is 4.34. The van der Waals surface area contributed by atoms with Crippen LogP contribution in [0, 0.1) is 5.82 Å². The Labute approximate surface area is 140 Å². The van der Waals surface area contributed by atoms with Gasteiger partial charge >= 0.3 is 0 Å². The Hall–Kier alpha value is -2.63. The van der Waals surface area contributed by atoms with E-state index in [4.69, 9.17) is 4.74 Å². The van der Waals surface area contributed by atoms with Crippen LogP contribution in [0.15, 0.2) is 36.5 Å². The maximum absolute atomic E-state index is 13.9. The number of pyridine rings is 1. The number of methoxy groups -OCH3 is 1. The van der Waals surface area contributed by atoms with Gasteiger partial charge < -0.3 is 15.0 Å². The minimum Gasteiger partial charge on any atom is -0.494 e. The summed E-state index contributed by atoms with van der Waals surface area (Å²) in [6.45, 7) is 0.661. The van der Waals surface area contributed by atoms with Crippen LogP contribution in [-0.2, 0) is 0 Å². The van der Waals surface area contributed by atoms with Gasteiger partial charge in [-0.15, -0.1) is 0 Å². The van der Waals surface area contributed by atoms with Gasteiger partial charge in [0.1, 0.15) is 5.82 Å². The fraction of sp³-hybridized carbons (Fsp3) is 0.333. The Kier molecular flexibility index (Phi) is 4.64. The first kappa shape index (κ1) is 16.2. The molecule has 1 amide bonds. The van der Waals surface area contributed by atoms with Gasteiger partial charge in [-0.25, -0.2) is 9.37 Å². The summed E-state index contributed by atoms with van der Waals surface area (Å²) in [5, 5.41) is 3.01. The molecule has 0 unspecified atom stereocenters. The molecule has 2 aromatic rings. The minimum atomic E-state index is -0.527. The molecule has 2 heterocycles. The number of ether oxygens (including phenoxy) is 1. The smallest absolute Gasteiger partial charge is 0.254 e. The Morgan fingerprint density at radius 3 is 2.92 bits per heavy atom. The molecule has 0 radical (unpaired) electrons. The van der Waals surface area contributed by atoms with E-state index >= 15 is 0 Å². The molecule has 1 N–H and O–H groups in total. The Morgan fingerprint density at radius 2 is 2.21 bits per heavy atom. The first-order chi connectivity index (χ1) is 11.6. The molecule has 1 fully saturated rings. The van der Waals surface area contributed by atoms with Crippen molar-refractivity contribution >= 4 is 11.7 Å². The van der Waals surface area contributed by atoms with Crippen molar-refractivity contribution in [2.45, 2.75) is 18.9 Å². The van der Waals surface area contributed by atoms with Crippen LogP contribution in [0.5, 0.6) is 5.75 Å². The van der Waals surface area contributed by atoms with Crippen LogP contribution in [0.2, 0.25) is 0 Å². The number of hydrogen-bond acceptors (Lipinski definition) is 4. The van der Waals surface area contributed by atoms with E-state index in [2.05, 4.69) is 10.3 Å². The lowest BCUT2D eigenvalue weighted by Gasteiger charge is -2.25. The van der Waals surface area contributed by atoms with E-state index in [1.807, 2.05) is 19.2 Å². The van der Waals surface area contributed by atoms with Gasteiger partial charge in [-0.05, 0) is 48.7 Å². The zero-order chi connectivity index (χ0) is 17.1. The predicted molar refractivity (Wildman–Crippen MR) is 89.7 cm³/mol. The molecule has 1 aromatic carbocycles. The highest BCUT2D eigenvalue weighted by Gasteiger charge is 2.31. The van der Waals surface area contributed by atoms with Gasteiger partial charge in [-0.3, -0.25) is 4.79 Å². The lowest BCUT2D eigenvalue weighted by atomic mass is 10.0. The molecule has 6 heteroatoms. The van der Waals surface area contributed by atoms with E-state index in [0.717, 1.165) is 24.2 Å². The summed E-state index contributed by atoms with van der Waals surface area (Å²) in [7, 11) is 3.21. The maximum atomic E-state index is 13.9. The topological polar surface area (TPSA) is 54.5 Å². The first-order valence-corrected chi connectivity index (χ1v) is 7.92. The number of aromatic nitrogens is 1. The number of nitrogens with zero attached hydrogens (tertiary/aromatic N) is 2. The van der Waals surface area contributed by atoms with E-state index in [1.165, 1.54) is 19.2 Å². The predicted octanol–water partition coefficient (Wildman–Crippen LogP) is 3.25. The molecule has 126 valence electrons. The average Bonchev–Trinajstić information content (AvgIpc) is 3.10. The van der Waals surface area contributed by atoms with Crippen molar-refractivity contribution in [1.82, 2.24) is 9.88 Å². The molecule has 0 spiro atoms. The summed E-state index contributed by atoms with van der Waals surface area (Å²) in [6, 6.07) is 8.18. The fourth-order valence-electron chi connectivity index (χ4n) is 3.11. The van der Waals surface area contributed by atoms with Gasteiger partial charge in [0.2, 0.25) is 0 Å². The number of rotatable bonds is 4. The number of hydrogen-bond donors (Lipinski definition) is 1. The fourth-order valence-corrected chi connectivity index (χ4v) is 3.11. The summed E-state index contributed by atoms with van der Waals surface area (Å²) in [5.41, 5.74) is 1.37. The largest absolute Gasteiger partial charge is 0.494 e. The highest BCUT2D eigenvalue weighted by Crippen LogP contribution is 2.34. The molecule has 24 heavy (non-hydrogen) atoms. The standard InChI is InChI=1S/C18H20FN3O2/c1-20-17-11-12(7-8-21-17)15-4-3-9-22(15)18(23)13-5-6-16(24-2)14(19)10-13/h5-8,10-11,15H,3-4,9H2,1-2H3,(H,20,21)/t15-/m1/s1. The monoisotopic (exact) mass is 329 g/mol. The number of amides is 1. The maximum Gasteiger partial charge on any atom is 0.254 e. The van der Waals surface area contributed by atoms with Crippen LogP contribution in [0.3, 0.4) is 0 Å². The summed E-state index contributed by atoms with van der Waals surface area (Å²) in [6.07, 6.45) is 3.54. The molecule has 1 aromatic heterocycles. The normalized spacial score (nSPS) is 17.0. The lowest BCUT2D eigenvalue weighted by molar-refractivity contribution is 0.0735. The van der Waals surface area contributed by atoms with E-state index in [9.17, 15) is 9.18 Å². The number of anilines is 1. The van der Waals surface area contributed by atoms with Gasteiger partial charge in [0, 0.05) is 25.4 Å². The number of carbonyl (C=O) groups is 1. The summed E-state index contributed by atoms with van der Waals surface area (Å²) < 4.78 is 18.8. The van der Waals surface area contributed by atoms with Crippen LogP contribution >= 0.6 is 0 Å². The van der Waals surface area contributed by atoms with Gasteiger partial charge in [0.25, 0.3) is 5.91 Å². The average molecular weight is 329 g/mol. The molecule has 1 saturated heterocycles. The van der Waals surface area contributed by atoms with Crippen molar-refractivity contribution in [3.63, 3.8) is 0 Å². The Morgan fingerprint density at radius 1 is 1.38 bits per heavy atom. The van der Waals surface area contributed by atoms with Crippen LogP contribution in [-0.4, -0.2) is 36.5 Å². The zero-order valence-corrected chi connectivity index (χ0v) is 13.8. The number of likely N-dealkylation sites (tertiary alicyclic amines) is 1. The molecular weight excluding hydrogens is 309 g/mol. The second kappa shape index (κ2) is 6.86. The molecule has 5 nitrogen and oxygen atoms in total. The van der Waals surface area contributed by atoms with Gasteiger partial charge in [0.05, 0.1) is 13.2 Å². The number of halogens is 1. The Bertz CT molecular complexity index is 751. The molecule has 0 aliphatic carbocycles. The highest BCUT2D eigenvalue weighted by molar-refractivity contribution is 5.94. The molecular formula is C18H20FN3O2. The zero-order valence-electron chi connectivity index (χ0n) is 13.8. The van der Waals surface area contributed by atoms with Crippen LogP contribution in [0.4, 0.5) is 10.2 Å². The van der Waals surface area contributed by atoms with Crippen molar-refractivity contribution in [2.24, 2.45) is 0 Å². The lowest BCUT2D eigenvalue weighted by Crippen LogP contribution is -2.30. The van der Waals surface area contributed by atoms with E-state index < -0.39 is 5.82 Å². The third-order valence-corrected chi connectivity index (χ3v) is 4.34. The van der Waals surface area contributed by atoms with Crippen molar-refractivity contribution < 1.29 is 13.9 Å². The van der Waals surface area contributed by atoms with Gasteiger partial charge in [0.15, 0.2) is 11.6 Å². The molecule has 1 aliphatic rings. The molecule has 0 saturated carbocycles. The molecule has 1 aliphatic heterocycles. The van der Waals surface area contributed by atoms with Crippen LogP contribution < -0.4 is 10.1 Å². The van der Waals surface area contributed by atoms with Crippen molar-refractivity contribution in [1.29, 1.82) is 0 Å². The number of carbonyl (C=O) groups excluding carboxylic acids is 1. The second-order valence-electron chi connectivity index (χ2n) is 5.73. The van der Waals surface area contributed by atoms with Crippen molar-refractivity contribution in [3.05, 3.63) is 53.5 Å². The molecule has 3 rings (SSSR count). The number of nitrogens with one attached hydrogen (secondary N) is 1. The highest BCUT2D eigenvalue weighted by atomic mass is 19.1. The second-order valence-corrected chi connectivity index (χ2v) is 5.73. The number of benzene rings is 1. The summed E-state index contributed by atoms with van der Waals surface area (Å²) in [5.74, 6) is 0.210. The third kappa shape index (κ3) is 3.04. The van der Waals surface area contributed by atoms with Gasteiger partial charge in [-0.2, -0.15) is 0 Å². The quantitative estimate of drug-likeness (QED) is 0.935. The van der Waals surface area contributed by atoms with Crippen LogP contribution in [0.25, 0.3) is 0 Å². The van der Waals surface area contributed by atoms with Crippen molar-refractivity contribution in [2.75, 3.05) is 26.0 Å². The SMILES string of the molecule is CNc1cc([C@H]2CCCN2C(=O)c2ccc(OC)c(F)c2)ccn1. The van der Waals surface area contributed by atoms with Crippen molar-refractivity contribution in [3.8, 4) is 5.75 Å². The van der Waals surface area contributed by atoms with Crippen LogP contribution in [0.1, 0.15) is 34.8 Å². The molecule has 1 atom stereocenters. The Balaban J connectivity index is 1.87. The van der Waals surface area contributed by atoms with Gasteiger partial charge in [-0.1, -0.05) is 0 Å². The first-order valence-electron chi connectivity index (χ1n) is 7.92. The minimum absolute atomic E-state index is 0.0160. The summed E-state index contributed by atoms with van der Waals surface area (Å²) >= 11 is 0. The molecule has 0 bridgehead atoms. The summed E-state index contributed by atoms with van der Waals surface area (Å²) in [4.78, 5) is 18.8. The van der Waals surface area contributed by atoms with E-state index in [0.29, 0.717) is 12.1 Å². The van der Waals surface area contributed by atoms with E-state index in [1.54, 1.807) is 17.2 Å².